The van der Waals surface area contributed by atoms with E-state index in [0.717, 1.165) is 44.9 Å². The Hall–Kier alpha value is -1.99. The molecule has 0 saturated carbocycles. The molecule has 1 amide bonds. The first-order chi connectivity index (χ1) is 41.3. The summed E-state index contributed by atoms with van der Waals surface area (Å²) >= 11 is 0. The van der Waals surface area contributed by atoms with Crippen molar-refractivity contribution in [1.29, 1.82) is 0 Å². The molecule has 3 aliphatic rings. The lowest BCUT2D eigenvalue weighted by Crippen LogP contribution is -2.66. The van der Waals surface area contributed by atoms with E-state index in [1.165, 1.54) is 167 Å². The van der Waals surface area contributed by atoms with E-state index < -0.39 is 124 Å². The summed E-state index contributed by atoms with van der Waals surface area (Å²) in [4.78, 5) is 13.3. The second kappa shape index (κ2) is 48.8. The normalized spacial score (nSPS) is 29.2. The van der Waals surface area contributed by atoms with Crippen molar-refractivity contribution in [2.45, 2.75) is 349 Å². The molecule has 0 bridgehead atoms. The molecule has 85 heavy (non-hydrogen) atoms. The van der Waals surface area contributed by atoms with Crippen LogP contribution in [0.5, 0.6) is 0 Å². The molecule has 3 heterocycles. The Balaban J connectivity index is 1.44. The number of hydrogen-bond acceptors (Lipinski definition) is 18. The van der Waals surface area contributed by atoms with Crippen LogP contribution in [-0.2, 0) is 33.2 Å². The summed E-state index contributed by atoms with van der Waals surface area (Å²) in [7, 11) is 0. The number of nitrogens with one attached hydrogen (secondary N) is 1. The van der Waals surface area contributed by atoms with E-state index in [1.807, 2.05) is 6.08 Å². The van der Waals surface area contributed by atoms with E-state index in [0.29, 0.717) is 12.8 Å². The van der Waals surface area contributed by atoms with E-state index in [1.54, 1.807) is 6.08 Å². The van der Waals surface area contributed by atoms with E-state index in [9.17, 15) is 61.0 Å². The van der Waals surface area contributed by atoms with Gasteiger partial charge in [-0.05, 0) is 44.9 Å². The number of carbonyl (C=O) groups excluding carboxylic acids is 1. The third kappa shape index (κ3) is 31.5. The third-order valence-corrected chi connectivity index (χ3v) is 16.9. The fourth-order valence-corrected chi connectivity index (χ4v) is 11.4. The zero-order valence-corrected chi connectivity index (χ0v) is 52.3. The second-order valence-electron chi connectivity index (χ2n) is 24.3. The highest BCUT2D eigenvalue weighted by atomic mass is 16.8. The molecule has 0 aromatic heterocycles. The fraction of sp³-hybridized carbons (Fsp3) is 0.894. The molecule has 3 fully saturated rings. The van der Waals surface area contributed by atoms with Crippen LogP contribution in [0.1, 0.15) is 245 Å². The molecule has 19 heteroatoms. The highest BCUT2D eigenvalue weighted by Gasteiger charge is 2.53. The predicted octanol–water partition coefficient (Wildman–Crippen LogP) is 8.05. The van der Waals surface area contributed by atoms with Crippen LogP contribution in [0.4, 0.5) is 0 Å². The number of aliphatic hydroxyl groups excluding tert-OH is 11. The van der Waals surface area contributed by atoms with Gasteiger partial charge in [-0.3, -0.25) is 4.79 Å². The molecule has 498 valence electrons. The number of carbonyl (C=O) groups is 1. The molecule has 12 N–H and O–H groups in total. The molecule has 0 aliphatic carbocycles. The van der Waals surface area contributed by atoms with Crippen molar-refractivity contribution in [3.8, 4) is 0 Å². The van der Waals surface area contributed by atoms with Crippen molar-refractivity contribution in [2.75, 3.05) is 26.4 Å². The van der Waals surface area contributed by atoms with Crippen LogP contribution < -0.4 is 5.32 Å². The zero-order valence-electron chi connectivity index (χ0n) is 52.3. The molecule has 17 atom stereocenters. The molecule has 0 aromatic rings. The summed E-state index contributed by atoms with van der Waals surface area (Å²) < 4.78 is 34.3. The number of amides is 1. The first kappa shape index (κ1) is 77.3. The predicted molar refractivity (Wildman–Crippen MR) is 328 cm³/mol. The van der Waals surface area contributed by atoms with Gasteiger partial charge in [0.1, 0.15) is 73.2 Å². The van der Waals surface area contributed by atoms with E-state index in [2.05, 4.69) is 43.5 Å². The van der Waals surface area contributed by atoms with Crippen LogP contribution in [0, 0.1) is 0 Å². The van der Waals surface area contributed by atoms with Crippen molar-refractivity contribution >= 4 is 5.91 Å². The molecule has 0 aromatic carbocycles. The van der Waals surface area contributed by atoms with Crippen LogP contribution in [0.3, 0.4) is 0 Å². The molecule has 0 spiro atoms. The molecule has 3 rings (SSSR count). The Morgan fingerprint density at radius 3 is 1.18 bits per heavy atom. The highest BCUT2D eigenvalue weighted by Crippen LogP contribution is 2.33. The molecule has 19 nitrogen and oxygen atoms in total. The lowest BCUT2D eigenvalue weighted by molar-refractivity contribution is -0.379. The van der Waals surface area contributed by atoms with Crippen LogP contribution >= 0.6 is 0 Å². The number of aliphatic hydroxyl groups is 11. The largest absolute Gasteiger partial charge is 0.394 e. The Kier molecular flexibility index (Phi) is 44.4. The Morgan fingerprint density at radius 2 is 0.753 bits per heavy atom. The lowest BCUT2D eigenvalue weighted by atomic mass is 9.96. The maximum absolute atomic E-state index is 13.3. The Morgan fingerprint density at radius 1 is 0.412 bits per heavy atom. The van der Waals surface area contributed by atoms with Gasteiger partial charge in [0.15, 0.2) is 18.9 Å². The Bertz CT molecular complexity index is 1690. The smallest absolute Gasteiger partial charge is 0.220 e. The van der Waals surface area contributed by atoms with Gasteiger partial charge in [0.2, 0.25) is 5.91 Å². The maximum atomic E-state index is 13.3. The van der Waals surface area contributed by atoms with Crippen molar-refractivity contribution in [3.63, 3.8) is 0 Å². The van der Waals surface area contributed by atoms with Crippen LogP contribution in [0.15, 0.2) is 36.5 Å². The van der Waals surface area contributed by atoms with Crippen LogP contribution in [-0.4, -0.2) is 193 Å². The topological polar surface area (TPSA) is 307 Å². The minimum atomic E-state index is -1.98. The van der Waals surface area contributed by atoms with Gasteiger partial charge in [0, 0.05) is 6.42 Å². The minimum absolute atomic E-state index is 0.234. The number of hydrogen-bond donors (Lipinski definition) is 12. The van der Waals surface area contributed by atoms with Gasteiger partial charge in [0.05, 0.1) is 38.6 Å². The number of unbranched alkanes of at least 4 members (excludes halogenated alkanes) is 31. The summed E-state index contributed by atoms with van der Waals surface area (Å²) in [6, 6.07) is -0.993. The standard InChI is InChI=1S/C66H121NO18/c1-3-5-7-9-11-13-15-17-18-19-20-21-22-23-24-25-26-27-28-29-30-31-32-33-35-37-39-41-43-50(71)49(67-54(72)44-42-40-38-36-34-16-14-12-10-8-6-4-2)48-80-64-60(78)57(75)62(52(46-69)82-64)85-66-61(79)58(76)63(53(47-70)83-66)84-65-59(77)56(74)55(73)51(45-68)81-65/h29-30,33,35,41,43,49-53,55-66,68-71,73-79H,3-28,31-32,34,36-40,42,44-48H2,1-2H3,(H,67,72)/b30-29+,35-33+,43-41+. The summed E-state index contributed by atoms with van der Waals surface area (Å²) in [5.41, 5.74) is 0. The van der Waals surface area contributed by atoms with Gasteiger partial charge in [-0.1, -0.05) is 230 Å². The van der Waals surface area contributed by atoms with Gasteiger partial charge >= 0.3 is 0 Å². The molecule has 17 unspecified atom stereocenters. The first-order valence-corrected chi connectivity index (χ1v) is 33.7. The van der Waals surface area contributed by atoms with E-state index in [4.69, 9.17) is 28.4 Å². The van der Waals surface area contributed by atoms with Gasteiger partial charge in [0.25, 0.3) is 0 Å². The lowest BCUT2D eigenvalue weighted by Gasteiger charge is -2.48. The average molecular weight is 1220 g/mol. The molecule has 3 aliphatic heterocycles. The van der Waals surface area contributed by atoms with Crippen molar-refractivity contribution in [1.82, 2.24) is 5.32 Å². The summed E-state index contributed by atoms with van der Waals surface area (Å²) in [6.45, 7) is 1.70. The van der Waals surface area contributed by atoms with Gasteiger partial charge in [-0.25, -0.2) is 0 Å². The molecular formula is C66H121NO18. The van der Waals surface area contributed by atoms with E-state index in [-0.39, 0.29) is 18.9 Å². The zero-order chi connectivity index (χ0) is 61.9. The van der Waals surface area contributed by atoms with Gasteiger partial charge in [-0.2, -0.15) is 0 Å². The summed E-state index contributed by atoms with van der Waals surface area (Å²) in [5.74, 6) is -0.289. The van der Waals surface area contributed by atoms with Gasteiger partial charge in [-0.15, -0.1) is 0 Å². The van der Waals surface area contributed by atoms with Crippen molar-refractivity contribution in [2.24, 2.45) is 0 Å². The number of rotatable bonds is 51. The third-order valence-electron chi connectivity index (χ3n) is 16.9. The second-order valence-corrected chi connectivity index (χ2v) is 24.3. The van der Waals surface area contributed by atoms with Crippen molar-refractivity contribution in [3.05, 3.63) is 36.5 Å². The monoisotopic (exact) mass is 1220 g/mol. The highest BCUT2D eigenvalue weighted by molar-refractivity contribution is 5.76. The van der Waals surface area contributed by atoms with Crippen LogP contribution in [0.25, 0.3) is 0 Å². The average Bonchev–Trinajstić information content (AvgIpc) is 2.05. The minimum Gasteiger partial charge on any atom is -0.394 e. The molecule has 3 saturated heterocycles. The summed E-state index contributed by atoms with van der Waals surface area (Å²) in [6.07, 6.45) is 28.6. The quantitative estimate of drug-likeness (QED) is 0.0202. The Labute approximate surface area is 511 Å². The maximum Gasteiger partial charge on any atom is 0.220 e. The fourth-order valence-electron chi connectivity index (χ4n) is 11.4. The van der Waals surface area contributed by atoms with Crippen LogP contribution in [0.2, 0.25) is 0 Å². The summed E-state index contributed by atoms with van der Waals surface area (Å²) in [5, 5.41) is 120. The molecular weight excluding hydrogens is 1090 g/mol. The van der Waals surface area contributed by atoms with E-state index >= 15 is 0 Å². The SMILES string of the molecule is CCCCCCCCCCCCCCCCCCCC/C=C/CC/C=C/CC/C=C/C(O)C(COC1OC(CO)C(OC2OC(CO)C(OC3OC(CO)C(O)C(O)C3O)C(O)C2O)C(O)C1O)NC(=O)CCCCCCCCCCCCCC. The molecule has 0 radical (unpaired) electrons. The number of allylic oxidation sites excluding steroid dienone is 5. The van der Waals surface area contributed by atoms with Crippen molar-refractivity contribution < 1.29 is 89.4 Å². The van der Waals surface area contributed by atoms with Gasteiger partial charge < -0.3 is 89.9 Å². The first-order valence-electron chi connectivity index (χ1n) is 33.7. The number of ether oxygens (including phenoxy) is 6.